The number of rotatable bonds is 3. The molecule has 0 N–H and O–H groups in total. The third kappa shape index (κ3) is 1.84. The Labute approximate surface area is 73.2 Å². The molecule has 0 saturated carbocycles. The third-order valence-electron chi connectivity index (χ3n) is 2.01. The highest BCUT2D eigenvalue weighted by atomic mass is 16.5. The lowest BCUT2D eigenvalue weighted by atomic mass is 10.1. The molecule has 12 heavy (non-hydrogen) atoms. The van der Waals surface area contributed by atoms with Gasteiger partial charge in [0, 0.05) is 11.8 Å². The number of aromatic nitrogens is 2. The Morgan fingerprint density at radius 3 is 2.42 bits per heavy atom. The molecule has 0 bridgehead atoms. The second-order valence-corrected chi connectivity index (χ2v) is 3.45. The minimum absolute atomic E-state index is 0.353. The summed E-state index contributed by atoms with van der Waals surface area (Å²) in [6.07, 6.45) is 1.04. The van der Waals surface area contributed by atoms with E-state index in [1.807, 2.05) is 0 Å². The highest BCUT2D eigenvalue weighted by Crippen LogP contribution is 2.18. The van der Waals surface area contributed by atoms with Gasteiger partial charge in [0.15, 0.2) is 5.82 Å². The second kappa shape index (κ2) is 3.70. The molecule has 1 aromatic heterocycles. The van der Waals surface area contributed by atoms with Crippen molar-refractivity contribution in [2.45, 2.75) is 46.0 Å². The average Bonchev–Trinajstić information content (AvgIpc) is 2.51. The zero-order valence-corrected chi connectivity index (χ0v) is 8.16. The van der Waals surface area contributed by atoms with Crippen molar-refractivity contribution in [1.82, 2.24) is 10.1 Å². The van der Waals surface area contributed by atoms with Gasteiger partial charge in [-0.15, -0.1) is 0 Å². The first kappa shape index (κ1) is 9.23. The fourth-order valence-electron chi connectivity index (χ4n) is 0.857. The van der Waals surface area contributed by atoms with E-state index in [1.54, 1.807) is 0 Å². The third-order valence-corrected chi connectivity index (χ3v) is 2.01. The summed E-state index contributed by atoms with van der Waals surface area (Å²) in [7, 11) is 0. The first-order valence-corrected chi connectivity index (χ1v) is 4.48. The molecule has 0 aliphatic rings. The zero-order chi connectivity index (χ0) is 9.14. The Hall–Kier alpha value is -0.860. The Balaban J connectivity index is 2.77. The average molecular weight is 168 g/mol. The van der Waals surface area contributed by atoms with Crippen LogP contribution >= 0.6 is 0 Å². The Kier molecular flexibility index (Phi) is 2.84. The molecule has 1 aromatic rings. The normalized spacial score (nSPS) is 13.8. The maximum absolute atomic E-state index is 5.12. The van der Waals surface area contributed by atoms with Gasteiger partial charge in [-0.1, -0.05) is 32.9 Å². The SMILES string of the molecule is CC[C@@H](C)c1nc(C(C)C)no1. The topological polar surface area (TPSA) is 38.9 Å². The minimum Gasteiger partial charge on any atom is -0.339 e. The van der Waals surface area contributed by atoms with E-state index in [0.717, 1.165) is 18.1 Å². The van der Waals surface area contributed by atoms with E-state index >= 15 is 0 Å². The molecular weight excluding hydrogens is 152 g/mol. The van der Waals surface area contributed by atoms with Crippen LogP contribution in [0.2, 0.25) is 0 Å². The number of hydrogen-bond donors (Lipinski definition) is 0. The van der Waals surface area contributed by atoms with Crippen LogP contribution in [0.4, 0.5) is 0 Å². The highest BCUT2D eigenvalue weighted by molar-refractivity contribution is 4.95. The van der Waals surface area contributed by atoms with E-state index < -0.39 is 0 Å². The van der Waals surface area contributed by atoms with Gasteiger partial charge in [0.1, 0.15) is 0 Å². The molecule has 0 saturated heterocycles. The predicted octanol–water partition coefficient (Wildman–Crippen LogP) is 2.71. The van der Waals surface area contributed by atoms with Gasteiger partial charge in [-0.05, 0) is 6.42 Å². The fourth-order valence-corrected chi connectivity index (χ4v) is 0.857. The van der Waals surface area contributed by atoms with Crippen molar-refractivity contribution in [3.63, 3.8) is 0 Å². The summed E-state index contributed by atoms with van der Waals surface area (Å²) < 4.78 is 5.12. The molecule has 0 radical (unpaired) electrons. The standard InChI is InChI=1S/C9H16N2O/c1-5-7(4)9-10-8(6(2)3)11-12-9/h6-7H,5H2,1-4H3/t7-/m1/s1. The van der Waals surface area contributed by atoms with E-state index in [1.165, 1.54) is 0 Å². The molecule has 3 heteroatoms. The number of hydrogen-bond acceptors (Lipinski definition) is 3. The van der Waals surface area contributed by atoms with Gasteiger partial charge in [0.2, 0.25) is 5.89 Å². The quantitative estimate of drug-likeness (QED) is 0.696. The van der Waals surface area contributed by atoms with Crippen LogP contribution in [0.1, 0.15) is 57.7 Å². The van der Waals surface area contributed by atoms with Crippen molar-refractivity contribution in [3.8, 4) is 0 Å². The van der Waals surface area contributed by atoms with Crippen LogP contribution in [0.15, 0.2) is 4.52 Å². The number of nitrogens with zero attached hydrogens (tertiary/aromatic N) is 2. The van der Waals surface area contributed by atoms with Gasteiger partial charge in [0.05, 0.1) is 0 Å². The molecule has 0 amide bonds. The van der Waals surface area contributed by atoms with E-state index in [0.29, 0.717) is 11.8 Å². The summed E-state index contributed by atoms with van der Waals surface area (Å²) >= 11 is 0. The summed E-state index contributed by atoms with van der Waals surface area (Å²) in [5.74, 6) is 2.31. The Morgan fingerprint density at radius 1 is 1.33 bits per heavy atom. The summed E-state index contributed by atoms with van der Waals surface area (Å²) in [6.45, 7) is 8.33. The molecular formula is C9H16N2O. The van der Waals surface area contributed by atoms with Crippen molar-refractivity contribution in [3.05, 3.63) is 11.7 Å². The minimum atomic E-state index is 0.353. The van der Waals surface area contributed by atoms with Crippen LogP contribution in [0, 0.1) is 0 Å². The molecule has 1 rings (SSSR count). The molecule has 0 spiro atoms. The van der Waals surface area contributed by atoms with Crippen LogP contribution in [0.3, 0.4) is 0 Å². The van der Waals surface area contributed by atoms with Crippen molar-refractivity contribution in [1.29, 1.82) is 0 Å². The molecule has 0 fully saturated rings. The van der Waals surface area contributed by atoms with Crippen LogP contribution < -0.4 is 0 Å². The lowest BCUT2D eigenvalue weighted by molar-refractivity contribution is 0.351. The van der Waals surface area contributed by atoms with E-state index in [-0.39, 0.29) is 0 Å². The van der Waals surface area contributed by atoms with Gasteiger partial charge in [-0.3, -0.25) is 0 Å². The van der Waals surface area contributed by atoms with E-state index in [2.05, 4.69) is 37.8 Å². The maximum atomic E-state index is 5.12. The first-order valence-electron chi connectivity index (χ1n) is 4.48. The zero-order valence-electron chi connectivity index (χ0n) is 8.16. The molecule has 0 aliphatic heterocycles. The molecule has 3 nitrogen and oxygen atoms in total. The van der Waals surface area contributed by atoms with Crippen molar-refractivity contribution in [2.24, 2.45) is 0 Å². The Bertz CT molecular complexity index is 242. The first-order chi connectivity index (χ1) is 5.65. The van der Waals surface area contributed by atoms with Crippen molar-refractivity contribution >= 4 is 0 Å². The maximum Gasteiger partial charge on any atom is 0.229 e. The largest absolute Gasteiger partial charge is 0.339 e. The van der Waals surface area contributed by atoms with Crippen molar-refractivity contribution in [2.75, 3.05) is 0 Å². The molecule has 0 aliphatic carbocycles. The second-order valence-electron chi connectivity index (χ2n) is 3.45. The highest BCUT2D eigenvalue weighted by Gasteiger charge is 2.13. The molecule has 1 heterocycles. The van der Waals surface area contributed by atoms with Crippen LogP contribution in [-0.2, 0) is 0 Å². The Morgan fingerprint density at radius 2 is 2.00 bits per heavy atom. The molecule has 1 atom stereocenters. The summed E-state index contributed by atoms with van der Waals surface area (Å²) in [6, 6.07) is 0. The smallest absolute Gasteiger partial charge is 0.229 e. The van der Waals surface area contributed by atoms with Gasteiger partial charge < -0.3 is 4.52 Å². The monoisotopic (exact) mass is 168 g/mol. The molecule has 0 unspecified atom stereocenters. The molecule has 0 aromatic carbocycles. The van der Waals surface area contributed by atoms with Gasteiger partial charge in [-0.25, -0.2) is 0 Å². The fraction of sp³-hybridized carbons (Fsp3) is 0.778. The molecule has 68 valence electrons. The summed E-state index contributed by atoms with van der Waals surface area (Å²) in [4.78, 5) is 4.30. The van der Waals surface area contributed by atoms with Gasteiger partial charge in [-0.2, -0.15) is 4.98 Å². The van der Waals surface area contributed by atoms with Crippen LogP contribution in [-0.4, -0.2) is 10.1 Å². The summed E-state index contributed by atoms with van der Waals surface area (Å²) in [5.41, 5.74) is 0. The summed E-state index contributed by atoms with van der Waals surface area (Å²) in [5, 5.41) is 3.90. The van der Waals surface area contributed by atoms with Gasteiger partial charge >= 0.3 is 0 Å². The van der Waals surface area contributed by atoms with Gasteiger partial charge in [0.25, 0.3) is 0 Å². The van der Waals surface area contributed by atoms with Crippen molar-refractivity contribution < 1.29 is 4.52 Å². The predicted molar refractivity (Wildman–Crippen MR) is 47.1 cm³/mol. The van der Waals surface area contributed by atoms with Crippen LogP contribution in [0.5, 0.6) is 0 Å². The van der Waals surface area contributed by atoms with E-state index in [9.17, 15) is 0 Å². The van der Waals surface area contributed by atoms with E-state index in [4.69, 9.17) is 4.52 Å². The lowest BCUT2D eigenvalue weighted by Crippen LogP contribution is -1.93. The van der Waals surface area contributed by atoms with Crippen LogP contribution in [0.25, 0.3) is 0 Å². The lowest BCUT2D eigenvalue weighted by Gasteiger charge is -1.98.